The standard InChI is InChI=1S/C17H21ClN2O4/c1-23-14-9-13(15(24-2)8-12(14)18)19-16(21)10-7-11(10)17(22)20-5-3-4-6-20/h8-11H,3-7H2,1-2H3,(H,19,21). The van der Waals surface area contributed by atoms with Crippen molar-refractivity contribution in [2.24, 2.45) is 11.8 Å². The van der Waals surface area contributed by atoms with Crippen molar-refractivity contribution in [3.63, 3.8) is 0 Å². The molecular formula is C17H21ClN2O4. The highest BCUT2D eigenvalue weighted by Gasteiger charge is 2.49. The molecule has 1 aromatic rings. The minimum absolute atomic E-state index is 0.105. The van der Waals surface area contributed by atoms with Crippen molar-refractivity contribution in [2.45, 2.75) is 19.3 Å². The van der Waals surface area contributed by atoms with Gasteiger partial charge >= 0.3 is 0 Å². The van der Waals surface area contributed by atoms with Gasteiger partial charge in [-0.1, -0.05) is 11.6 Å². The fourth-order valence-electron chi connectivity index (χ4n) is 3.11. The van der Waals surface area contributed by atoms with Crippen LogP contribution in [0.2, 0.25) is 5.02 Å². The van der Waals surface area contributed by atoms with Gasteiger partial charge in [-0.15, -0.1) is 0 Å². The van der Waals surface area contributed by atoms with E-state index in [9.17, 15) is 9.59 Å². The first-order chi connectivity index (χ1) is 11.5. The Bertz CT molecular complexity index is 658. The lowest BCUT2D eigenvalue weighted by Gasteiger charge is -2.15. The van der Waals surface area contributed by atoms with Crippen LogP contribution in [0.4, 0.5) is 5.69 Å². The van der Waals surface area contributed by atoms with Gasteiger partial charge in [-0.2, -0.15) is 0 Å². The van der Waals surface area contributed by atoms with E-state index in [2.05, 4.69) is 5.32 Å². The molecule has 1 saturated heterocycles. The van der Waals surface area contributed by atoms with Crippen LogP contribution in [0.5, 0.6) is 11.5 Å². The van der Waals surface area contributed by atoms with Gasteiger partial charge in [0.15, 0.2) is 0 Å². The number of nitrogens with zero attached hydrogens (tertiary/aromatic N) is 1. The van der Waals surface area contributed by atoms with E-state index in [0.717, 1.165) is 25.9 Å². The second-order valence-corrected chi connectivity index (χ2v) is 6.56. The number of likely N-dealkylation sites (tertiary alicyclic amines) is 1. The van der Waals surface area contributed by atoms with Crippen LogP contribution in [0, 0.1) is 11.8 Å². The molecule has 6 nitrogen and oxygen atoms in total. The Morgan fingerprint density at radius 2 is 1.79 bits per heavy atom. The number of hydrogen-bond donors (Lipinski definition) is 1. The summed E-state index contributed by atoms with van der Waals surface area (Å²) in [7, 11) is 3.01. The second-order valence-electron chi connectivity index (χ2n) is 6.16. The van der Waals surface area contributed by atoms with Gasteiger partial charge in [-0.05, 0) is 19.3 Å². The maximum atomic E-state index is 12.4. The molecule has 1 aliphatic carbocycles. The smallest absolute Gasteiger partial charge is 0.228 e. The fraction of sp³-hybridized carbons (Fsp3) is 0.529. The molecule has 2 fully saturated rings. The van der Waals surface area contributed by atoms with E-state index < -0.39 is 0 Å². The molecule has 1 saturated carbocycles. The minimum Gasteiger partial charge on any atom is -0.495 e. The lowest BCUT2D eigenvalue weighted by atomic mass is 10.2. The van der Waals surface area contributed by atoms with Crippen molar-refractivity contribution >= 4 is 29.1 Å². The Morgan fingerprint density at radius 1 is 1.12 bits per heavy atom. The van der Waals surface area contributed by atoms with Crippen molar-refractivity contribution in [1.82, 2.24) is 4.90 Å². The van der Waals surface area contributed by atoms with Crippen LogP contribution in [0.15, 0.2) is 12.1 Å². The first-order valence-electron chi connectivity index (χ1n) is 8.06. The van der Waals surface area contributed by atoms with E-state index in [-0.39, 0.29) is 23.7 Å². The molecule has 2 amide bonds. The number of nitrogens with one attached hydrogen (secondary N) is 1. The van der Waals surface area contributed by atoms with Crippen molar-refractivity contribution in [3.8, 4) is 11.5 Å². The Kier molecular flexibility index (Phi) is 4.85. The number of ether oxygens (including phenoxy) is 2. The van der Waals surface area contributed by atoms with E-state index in [0.29, 0.717) is 28.6 Å². The molecule has 1 heterocycles. The van der Waals surface area contributed by atoms with E-state index >= 15 is 0 Å². The van der Waals surface area contributed by atoms with E-state index in [4.69, 9.17) is 21.1 Å². The molecule has 2 atom stereocenters. The van der Waals surface area contributed by atoms with Crippen LogP contribution >= 0.6 is 11.6 Å². The van der Waals surface area contributed by atoms with Crippen LogP contribution in [0.1, 0.15) is 19.3 Å². The Hall–Kier alpha value is -1.95. The second kappa shape index (κ2) is 6.89. The van der Waals surface area contributed by atoms with Crippen LogP contribution in [-0.4, -0.2) is 44.0 Å². The molecule has 0 bridgehead atoms. The number of benzene rings is 1. The molecule has 3 rings (SSSR count). The average Bonchev–Trinajstić information content (AvgIpc) is 3.20. The molecule has 0 radical (unpaired) electrons. The molecule has 1 aliphatic heterocycles. The highest BCUT2D eigenvalue weighted by molar-refractivity contribution is 6.32. The Labute approximate surface area is 146 Å². The molecule has 1 N–H and O–H groups in total. The molecule has 1 aromatic carbocycles. The molecule has 2 aliphatic rings. The van der Waals surface area contributed by atoms with Gasteiger partial charge < -0.3 is 19.7 Å². The van der Waals surface area contributed by atoms with Crippen molar-refractivity contribution in [2.75, 3.05) is 32.6 Å². The summed E-state index contributed by atoms with van der Waals surface area (Å²) < 4.78 is 10.4. The normalized spacial score (nSPS) is 22.2. The highest BCUT2D eigenvalue weighted by Crippen LogP contribution is 2.43. The number of methoxy groups -OCH3 is 2. The fourth-order valence-corrected chi connectivity index (χ4v) is 3.34. The maximum absolute atomic E-state index is 12.4. The van der Waals surface area contributed by atoms with Gasteiger partial charge in [0.05, 0.1) is 36.8 Å². The van der Waals surface area contributed by atoms with Crippen molar-refractivity contribution in [3.05, 3.63) is 17.2 Å². The lowest BCUT2D eigenvalue weighted by Crippen LogP contribution is -2.30. The molecule has 130 valence electrons. The number of carbonyl (C=O) groups is 2. The number of rotatable bonds is 5. The van der Waals surface area contributed by atoms with E-state index in [1.54, 1.807) is 12.1 Å². The summed E-state index contributed by atoms with van der Waals surface area (Å²) in [5.74, 6) is 0.377. The zero-order chi connectivity index (χ0) is 17.3. The molecule has 24 heavy (non-hydrogen) atoms. The number of carbonyl (C=O) groups excluding carboxylic acids is 2. The van der Waals surface area contributed by atoms with Crippen LogP contribution in [0.25, 0.3) is 0 Å². The third-order valence-corrected chi connectivity index (χ3v) is 4.89. The van der Waals surface area contributed by atoms with Crippen molar-refractivity contribution in [1.29, 1.82) is 0 Å². The highest BCUT2D eigenvalue weighted by atomic mass is 35.5. The van der Waals surface area contributed by atoms with Crippen molar-refractivity contribution < 1.29 is 19.1 Å². The van der Waals surface area contributed by atoms with Gasteiger partial charge in [0, 0.05) is 25.2 Å². The quantitative estimate of drug-likeness (QED) is 0.884. The number of halogens is 1. The summed E-state index contributed by atoms with van der Waals surface area (Å²) in [6.07, 6.45) is 2.71. The first-order valence-corrected chi connectivity index (χ1v) is 8.44. The Balaban J connectivity index is 1.66. The van der Waals surface area contributed by atoms with Crippen LogP contribution in [0.3, 0.4) is 0 Å². The summed E-state index contributed by atoms with van der Waals surface area (Å²) in [6, 6.07) is 3.22. The molecule has 0 aromatic heterocycles. The molecule has 2 unspecified atom stereocenters. The molecule has 7 heteroatoms. The molecular weight excluding hydrogens is 332 g/mol. The monoisotopic (exact) mass is 352 g/mol. The lowest BCUT2D eigenvalue weighted by molar-refractivity contribution is -0.133. The van der Waals surface area contributed by atoms with Crippen LogP contribution in [-0.2, 0) is 9.59 Å². The topological polar surface area (TPSA) is 67.9 Å². The zero-order valence-corrected chi connectivity index (χ0v) is 14.6. The predicted molar refractivity (Wildman–Crippen MR) is 90.6 cm³/mol. The maximum Gasteiger partial charge on any atom is 0.228 e. The summed E-state index contributed by atoms with van der Waals surface area (Å²) in [4.78, 5) is 26.6. The SMILES string of the molecule is COc1cc(NC(=O)C2CC2C(=O)N2CCCC2)c(OC)cc1Cl. The largest absolute Gasteiger partial charge is 0.495 e. The van der Waals surface area contributed by atoms with Gasteiger partial charge in [-0.25, -0.2) is 0 Å². The zero-order valence-electron chi connectivity index (χ0n) is 13.8. The van der Waals surface area contributed by atoms with Gasteiger partial charge in [0.1, 0.15) is 11.5 Å². The third-order valence-electron chi connectivity index (χ3n) is 4.59. The number of hydrogen-bond acceptors (Lipinski definition) is 4. The van der Waals surface area contributed by atoms with Gasteiger partial charge in [-0.3, -0.25) is 9.59 Å². The average molecular weight is 353 g/mol. The summed E-state index contributed by atoms with van der Waals surface area (Å²) >= 11 is 6.06. The summed E-state index contributed by atoms with van der Waals surface area (Å²) in [5.41, 5.74) is 0.489. The third kappa shape index (κ3) is 3.29. The minimum atomic E-state index is -0.274. The van der Waals surface area contributed by atoms with E-state index in [1.165, 1.54) is 14.2 Å². The van der Waals surface area contributed by atoms with Gasteiger partial charge in [0.2, 0.25) is 11.8 Å². The van der Waals surface area contributed by atoms with E-state index in [1.807, 2.05) is 4.90 Å². The Morgan fingerprint density at radius 3 is 2.42 bits per heavy atom. The summed E-state index contributed by atoms with van der Waals surface area (Å²) in [6.45, 7) is 1.62. The number of amides is 2. The number of anilines is 1. The van der Waals surface area contributed by atoms with Crippen LogP contribution < -0.4 is 14.8 Å². The summed E-state index contributed by atoms with van der Waals surface area (Å²) in [5, 5.41) is 3.23. The molecule has 0 spiro atoms. The predicted octanol–water partition coefficient (Wildman–Crippen LogP) is 2.55. The van der Waals surface area contributed by atoms with Gasteiger partial charge in [0.25, 0.3) is 0 Å². The first kappa shape index (κ1) is 16.9.